The molecule has 7 nitrogen and oxygen atoms in total. The molecule has 2 rings (SSSR count). The molecule has 0 radical (unpaired) electrons. The molecule has 1 N–H and O–H groups in total. The van der Waals surface area contributed by atoms with E-state index in [2.05, 4.69) is 21.9 Å². The van der Waals surface area contributed by atoms with Gasteiger partial charge in [0.15, 0.2) is 5.82 Å². The quantitative estimate of drug-likeness (QED) is 0.654. The van der Waals surface area contributed by atoms with Crippen molar-refractivity contribution in [3.05, 3.63) is 42.7 Å². The number of carbonyl (C=O) groups excluding carboxylic acids is 1. The van der Waals surface area contributed by atoms with E-state index in [-0.39, 0.29) is 17.3 Å². The second-order valence-electron chi connectivity index (χ2n) is 5.65. The van der Waals surface area contributed by atoms with Gasteiger partial charge in [-0.05, 0) is 18.6 Å². The predicted molar refractivity (Wildman–Crippen MR) is 94.5 cm³/mol. The van der Waals surface area contributed by atoms with Crippen LogP contribution in [0.4, 0.5) is 5.82 Å². The van der Waals surface area contributed by atoms with E-state index in [9.17, 15) is 13.2 Å². The Morgan fingerprint density at radius 1 is 1.16 bits per heavy atom. The van der Waals surface area contributed by atoms with Crippen LogP contribution < -0.4 is 5.32 Å². The van der Waals surface area contributed by atoms with Gasteiger partial charge in [-0.2, -0.15) is 4.31 Å². The Balaban J connectivity index is 2.10. The number of carbonyl (C=O) groups is 1. The maximum Gasteiger partial charge on any atom is 0.243 e. The van der Waals surface area contributed by atoms with E-state index in [1.807, 2.05) is 0 Å². The lowest BCUT2D eigenvalue weighted by molar-refractivity contribution is -0.116. The molecule has 0 saturated carbocycles. The number of nitrogens with zero attached hydrogens (tertiary/aromatic N) is 2. The van der Waals surface area contributed by atoms with Crippen molar-refractivity contribution in [3.63, 3.8) is 0 Å². The van der Waals surface area contributed by atoms with Crippen molar-refractivity contribution in [3.8, 4) is 0 Å². The highest BCUT2D eigenvalue weighted by molar-refractivity contribution is 7.89. The molecule has 0 aliphatic rings. The highest BCUT2D eigenvalue weighted by Crippen LogP contribution is 2.16. The fraction of sp³-hybridized carbons (Fsp3) is 0.412. The summed E-state index contributed by atoms with van der Waals surface area (Å²) in [5.41, 5.74) is 0. The zero-order valence-corrected chi connectivity index (χ0v) is 15.0. The van der Waals surface area contributed by atoms with Crippen LogP contribution >= 0.6 is 0 Å². The molecule has 0 bridgehead atoms. The summed E-state index contributed by atoms with van der Waals surface area (Å²) in [4.78, 5) is 12.4. The minimum Gasteiger partial charge on any atom is -0.363 e. The van der Waals surface area contributed by atoms with Gasteiger partial charge >= 0.3 is 0 Å². The largest absolute Gasteiger partial charge is 0.363 e. The molecule has 0 atom stereocenters. The smallest absolute Gasteiger partial charge is 0.243 e. The van der Waals surface area contributed by atoms with Gasteiger partial charge < -0.3 is 9.84 Å². The number of hydrogen-bond acceptors (Lipinski definition) is 5. The SMILES string of the molecule is CCCCCCN(CC(=O)Nc1ccon1)S(=O)(=O)c1ccccc1. The number of anilines is 1. The average Bonchev–Trinajstić information content (AvgIpc) is 3.11. The number of nitrogens with one attached hydrogen (secondary N) is 1. The second kappa shape index (κ2) is 9.33. The van der Waals surface area contributed by atoms with E-state index in [0.717, 1.165) is 19.3 Å². The van der Waals surface area contributed by atoms with Crippen LogP contribution in [0.1, 0.15) is 32.6 Å². The topological polar surface area (TPSA) is 92.5 Å². The molecule has 136 valence electrons. The van der Waals surface area contributed by atoms with E-state index in [1.54, 1.807) is 18.2 Å². The van der Waals surface area contributed by atoms with Crippen LogP contribution in [-0.4, -0.2) is 36.9 Å². The summed E-state index contributed by atoms with van der Waals surface area (Å²) < 4.78 is 31.6. The molecular weight excluding hydrogens is 342 g/mol. The summed E-state index contributed by atoms with van der Waals surface area (Å²) in [6, 6.07) is 9.64. The van der Waals surface area contributed by atoms with E-state index in [0.29, 0.717) is 13.0 Å². The maximum atomic E-state index is 12.8. The van der Waals surface area contributed by atoms with Gasteiger partial charge in [0.2, 0.25) is 15.9 Å². The van der Waals surface area contributed by atoms with Crippen LogP contribution in [0, 0.1) is 0 Å². The highest BCUT2D eigenvalue weighted by atomic mass is 32.2. The van der Waals surface area contributed by atoms with Crippen molar-refractivity contribution < 1.29 is 17.7 Å². The van der Waals surface area contributed by atoms with Crippen LogP contribution in [0.3, 0.4) is 0 Å². The summed E-state index contributed by atoms with van der Waals surface area (Å²) in [5, 5.41) is 6.12. The second-order valence-corrected chi connectivity index (χ2v) is 7.58. The lowest BCUT2D eigenvalue weighted by atomic mass is 10.2. The molecule has 0 saturated heterocycles. The van der Waals surface area contributed by atoms with Crippen LogP contribution in [0.2, 0.25) is 0 Å². The number of benzene rings is 1. The Bertz CT molecular complexity index is 745. The summed E-state index contributed by atoms with van der Waals surface area (Å²) in [5.74, 6) is -0.197. The Hall–Kier alpha value is -2.19. The lowest BCUT2D eigenvalue weighted by Crippen LogP contribution is -2.38. The van der Waals surface area contributed by atoms with Crippen molar-refractivity contribution in [1.82, 2.24) is 9.46 Å². The molecule has 1 aromatic heterocycles. The van der Waals surface area contributed by atoms with Crippen molar-refractivity contribution in [2.45, 2.75) is 37.5 Å². The summed E-state index contributed by atoms with van der Waals surface area (Å²) in [6.07, 6.45) is 5.04. The first kappa shape index (κ1) is 19.1. The Morgan fingerprint density at radius 2 is 1.92 bits per heavy atom. The molecule has 1 amide bonds. The summed E-state index contributed by atoms with van der Waals surface area (Å²) in [7, 11) is -3.73. The number of unbranched alkanes of at least 4 members (excludes halogenated alkanes) is 3. The van der Waals surface area contributed by atoms with Gasteiger partial charge in [-0.1, -0.05) is 49.5 Å². The highest BCUT2D eigenvalue weighted by Gasteiger charge is 2.26. The summed E-state index contributed by atoms with van der Waals surface area (Å²) in [6.45, 7) is 2.11. The van der Waals surface area contributed by atoms with Gasteiger partial charge in [0.1, 0.15) is 6.26 Å². The Kier molecular flexibility index (Phi) is 7.15. The van der Waals surface area contributed by atoms with Crippen LogP contribution in [0.15, 0.2) is 52.1 Å². The minimum absolute atomic E-state index is 0.180. The van der Waals surface area contributed by atoms with Gasteiger partial charge in [-0.3, -0.25) is 4.79 Å². The number of sulfonamides is 1. The zero-order chi connectivity index (χ0) is 18.1. The zero-order valence-electron chi connectivity index (χ0n) is 14.2. The van der Waals surface area contributed by atoms with Gasteiger partial charge in [0, 0.05) is 12.6 Å². The molecule has 0 unspecified atom stereocenters. The fourth-order valence-electron chi connectivity index (χ4n) is 2.36. The Labute approximate surface area is 148 Å². The van der Waals surface area contributed by atoms with E-state index >= 15 is 0 Å². The minimum atomic E-state index is -3.73. The van der Waals surface area contributed by atoms with E-state index < -0.39 is 15.9 Å². The lowest BCUT2D eigenvalue weighted by Gasteiger charge is -2.21. The molecule has 0 aliphatic heterocycles. The monoisotopic (exact) mass is 365 g/mol. The molecule has 0 spiro atoms. The molecule has 0 aliphatic carbocycles. The predicted octanol–water partition coefficient (Wildman–Crippen LogP) is 2.88. The molecule has 1 heterocycles. The number of rotatable bonds is 10. The first-order chi connectivity index (χ1) is 12.0. The molecule has 1 aromatic carbocycles. The Morgan fingerprint density at radius 3 is 2.56 bits per heavy atom. The number of hydrogen-bond donors (Lipinski definition) is 1. The van der Waals surface area contributed by atoms with Crippen LogP contribution in [0.5, 0.6) is 0 Å². The third kappa shape index (κ3) is 5.68. The third-order valence-electron chi connectivity index (χ3n) is 3.67. The molecule has 0 fully saturated rings. The molecular formula is C17H23N3O4S. The van der Waals surface area contributed by atoms with Crippen molar-refractivity contribution in [2.24, 2.45) is 0 Å². The van der Waals surface area contributed by atoms with Gasteiger partial charge in [-0.15, -0.1) is 0 Å². The number of aromatic nitrogens is 1. The van der Waals surface area contributed by atoms with Crippen molar-refractivity contribution in [2.75, 3.05) is 18.4 Å². The molecule has 8 heteroatoms. The molecule has 25 heavy (non-hydrogen) atoms. The van der Waals surface area contributed by atoms with Crippen LogP contribution in [0.25, 0.3) is 0 Å². The van der Waals surface area contributed by atoms with Gasteiger partial charge in [0.25, 0.3) is 0 Å². The van der Waals surface area contributed by atoms with E-state index in [4.69, 9.17) is 0 Å². The van der Waals surface area contributed by atoms with Crippen LogP contribution in [-0.2, 0) is 14.8 Å². The molecule has 2 aromatic rings. The number of amides is 1. The first-order valence-electron chi connectivity index (χ1n) is 8.29. The van der Waals surface area contributed by atoms with Gasteiger partial charge in [-0.25, -0.2) is 8.42 Å². The normalized spacial score (nSPS) is 11.6. The summed E-state index contributed by atoms with van der Waals surface area (Å²) >= 11 is 0. The average molecular weight is 365 g/mol. The maximum absolute atomic E-state index is 12.8. The third-order valence-corrected chi connectivity index (χ3v) is 5.53. The first-order valence-corrected chi connectivity index (χ1v) is 9.73. The van der Waals surface area contributed by atoms with Crippen molar-refractivity contribution in [1.29, 1.82) is 0 Å². The fourth-order valence-corrected chi connectivity index (χ4v) is 3.82. The van der Waals surface area contributed by atoms with Crippen molar-refractivity contribution >= 4 is 21.7 Å². The standard InChI is InChI=1S/C17H23N3O4S/c1-2-3-4-8-12-20(14-17(21)18-16-11-13-24-19-16)25(22,23)15-9-6-5-7-10-15/h5-7,9-11,13H,2-4,8,12,14H2,1H3,(H,18,19,21). The van der Waals surface area contributed by atoms with E-state index in [1.165, 1.54) is 28.8 Å². The van der Waals surface area contributed by atoms with Gasteiger partial charge in [0.05, 0.1) is 11.4 Å².